The van der Waals surface area contributed by atoms with Gasteiger partial charge in [-0.2, -0.15) is 0 Å². The molecular formula is C24H27N. The second-order valence-corrected chi connectivity index (χ2v) is 7.53. The fourth-order valence-electron chi connectivity index (χ4n) is 4.37. The highest BCUT2D eigenvalue weighted by Crippen LogP contribution is 2.47. The molecule has 1 heteroatoms. The highest BCUT2D eigenvalue weighted by molar-refractivity contribution is 5.33. The number of allylic oxidation sites excluding steroid dienone is 2. The third-order valence-corrected chi connectivity index (χ3v) is 5.92. The van der Waals surface area contributed by atoms with Gasteiger partial charge in [0.25, 0.3) is 0 Å². The molecule has 1 nitrogen and oxygen atoms in total. The summed E-state index contributed by atoms with van der Waals surface area (Å²) in [7, 11) is 0. The normalized spacial score (nSPS) is 23.7. The van der Waals surface area contributed by atoms with Gasteiger partial charge in [-0.1, -0.05) is 73.2 Å². The van der Waals surface area contributed by atoms with Crippen LogP contribution in [0.1, 0.15) is 49.8 Å². The van der Waals surface area contributed by atoms with Crippen LogP contribution in [0.3, 0.4) is 0 Å². The molecule has 2 aromatic rings. The van der Waals surface area contributed by atoms with Gasteiger partial charge in [-0.05, 0) is 49.3 Å². The topological polar surface area (TPSA) is 3.24 Å². The van der Waals surface area contributed by atoms with Crippen LogP contribution in [0.4, 0.5) is 0 Å². The molecule has 1 fully saturated rings. The van der Waals surface area contributed by atoms with Crippen molar-refractivity contribution in [2.24, 2.45) is 5.41 Å². The van der Waals surface area contributed by atoms with Gasteiger partial charge in [0.2, 0.25) is 0 Å². The Morgan fingerprint density at radius 1 is 0.960 bits per heavy atom. The van der Waals surface area contributed by atoms with Gasteiger partial charge in [-0.3, -0.25) is 0 Å². The first-order chi connectivity index (χ1) is 12.3. The molecule has 0 aromatic heterocycles. The van der Waals surface area contributed by atoms with Crippen molar-refractivity contribution in [3.8, 4) is 0 Å². The molecule has 2 aromatic carbocycles. The fraction of sp³-hybridized carbons (Fsp3) is 0.333. The van der Waals surface area contributed by atoms with Gasteiger partial charge in [0.15, 0.2) is 0 Å². The molecule has 1 aliphatic heterocycles. The van der Waals surface area contributed by atoms with E-state index < -0.39 is 0 Å². The largest absolute Gasteiger partial charge is 0.347 e. The number of rotatable bonds is 4. The summed E-state index contributed by atoms with van der Waals surface area (Å²) in [4.78, 5) is 2.40. The lowest BCUT2D eigenvalue weighted by Gasteiger charge is -2.43. The van der Waals surface area contributed by atoms with Gasteiger partial charge in [-0.25, -0.2) is 0 Å². The smallest absolute Gasteiger partial charge is 0.0551 e. The minimum absolute atomic E-state index is 0.229. The molecule has 2 atom stereocenters. The maximum atomic E-state index is 2.49. The second kappa shape index (κ2) is 6.92. The molecule has 0 saturated heterocycles. The summed E-state index contributed by atoms with van der Waals surface area (Å²) in [5.41, 5.74) is 4.67. The van der Waals surface area contributed by atoms with E-state index in [0.29, 0.717) is 6.04 Å². The number of hydrogen-bond acceptors (Lipinski definition) is 1. The molecule has 128 valence electrons. The molecule has 1 heterocycles. The van der Waals surface area contributed by atoms with Crippen molar-refractivity contribution >= 4 is 0 Å². The van der Waals surface area contributed by atoms with Crippen molar-refractivity contribution in [3.05, 3.63) is 95.8 Å². The van der Waals surface area contributed by atoms with Crippen LogP contribution >= 0.6 is 0 Å². The fourth-order valence-corrected chi connectivity index (χ4v) is 4.37. The van der Waals surface area contributed by atoms with Crippen molar-refractivity contribution in [1.82, 2.24) is 4.90 Å². The highest BCUT2D eigenvalue weighted by Gasteiger charge is 2.37. The van der Waals surface area contributed by atoms with Crippen LogP contribution < -0.4 is 0 Å². The first kappa shape index (κ1) is 16.2. The Labute approximate surface area is 151 Å². The highest BCUT2D eigenvalue weighted by atomic mass is 15.1. The summed E-state index contributed by atoms with van der Waals surface area (Å²) in [5.74, 6) is 0. The van der Waals surface area contributed by atoms with Gasteiger partial charge >= 0.3 is 0 Å². The Morgan fingerprint density at radius 3 is 2.44 bits per heavy atom. The lowest BCUT2D eigenvalue weighted by molar-refractivity contribution is 0.297. The minimum atomic E-state index is 0.229. The molecule has 2 aliphatic rings. The summed E-state index contributed by atoms with van der Waals surface area (Å²) >= 11 is 0. The summed E-state index contributed by atoms with van der Waals surface area (Å²) in [6.45, 7) is 2.30. The zero-order valence-electron chi connectivity index (χ0n) is 15.1. The molecule has 25 heavy (non-hydrogen) atoms. The maximum Gasteiger partial charge on any atom is 0.0551 e. The summed E-state index contributed by atoms with van der Waals surface area (Å²) in [6, 6.07) is 22.2. The Balaban J connectivity index is 1.61. The van der Waals surface area contributed by atoms with Crippen molar-refractivity contribution < 1.29 is 0 Å². The van der Waals surface area contributed by atoms with E-state index >= 15 is 0 Å². The van der Waals surface area contributed by atoms with Gasteiger partial charge < -0.3 is 4.90 Å². The standard InChI is InChI=1S/C24H27N/c1-20(22-12-6-3-7-13-22)25-17-16-24(15-9-8-14-23(24)19-25)18-21-10-4-2-5-11-21/h2-7,10-13,16-17,19-20H,8-9,14-15,18H2,1H3/t20-,24?/m1/s1. The van der Waals surface area contributed by atoms with Crippen LogP contribution in [0.2, 0.25) is 0 Å². The molecule has 1 aliphatic carbocycles. The SMILES string of the molecule is C[C@H](c1ccccc1)N1C=CC2(Cc3ccccc3)CCCCC2=C1. The predicted molar refractivity (Wildman–Crippen MR) is 105 cm³/mol. The second-order valence-electron chi connectivity index (χ2n) is 7.53. The van der Waals surface area contributed by atoms with Gasteiger partial charge in [0.1, 0.15) is 0 Å². The number of nitrogens with zero attached hydrogens (tertiary/aromatic N) is 1. The molecular weight excluding hydrogens is 302 g/mol. The van der Waals surface area contributed by atoms with Crippen LogP contribution in [0.15, 0.2) is 84.7 Å². The van der Waals surface area contributed by atoms with E-state index in [1.54, 1.807) is 5.57 Å². The van der Waals surface area contributed by atoms with Crippen molar-refractivity contribution in [1.29, 1.82) is 0 Å². The number of hydrogen-bond donors (Lipinski definition) is 0. The minimum Gasteiger partial charge on any atom is -0.347 e. The lowest BCUT2D eigenvalue weighted by atomic mass is 9.66. The molecule has 1 unspecified atom stereocenters. The first-order valence-electron chi connectivity index (χ1n) is 9.54. The Kier molecular flexibility index (Phi) is 4.48. The maximum absolute atomic E-state index is 2.49. The lowest BCUT2D eigenvalue weighted by Crippen LogP contribution is -2.33. The Hall–Kier alpha value is -2.28. The van der Waals surface area contributed by atoms with Crippen LogP contribution in [-0.2, 0) is 6.42 Å². The molecule has 0 N–H and O–H groups in total. The van der Waals surface area contributed by atoms with E-state index in [-0.39, 0.29) is 5.41 Å². The van der Waals surface area contributed by atoms with Crippen molar-refractivity contribution in [3.63, 3.8) is 0 Å². The van der Waals surface area contributed by atoms with Gasteiger partial charge in [-0.15, -0.1) is 0 Å². The monoisotopic (exact) mass is 329 g/mol. The van der Waals surface area contributed by atoms with Gasteiger partial charge in [0.05, 0.1) is 6.04 Å². The van der Waals surface area contributed by atoms with Crippen LogP contribution in [0.25, 0.3) is 0 Å². The van der Waals surface area contributed by atoms with E-state index in [0.717, 1.165) is 6.42 Å². The van der Waals surface area contributed by atoms with Crippen LogP contribution in [0, 0.1) is 5.41 Å². The van der Waals surface area contributed by atoms with E-state index in [4.69, 9.17) is 0 Å². The van der Waals surface area contributed by atoms with Crippen molar-refractivity contribution in [2.75, 3.05) is 0 Å². The molecule has 0 spiro atoms. The van der Waals surface area contributed by atoms with E-state index in [1.165, 1.54) is 36.8 Å². The molecule has 1 saturated carbocycles. The Morgan fingerprint density at radius 2 is 1.68 bits per heavy atom. The van der Waals surface area contributed by atoms with E-state index in [9.17, 15) is 0 Å². The number of benzene rings is 2. The third-order valence-electron chi connectivity index (χ3n) is 5.92. The Bertz CT molecular complexity index is 759. The van der Waals surface area contributed by atoms with Crippen molar-refractivity contribution in [2.45, 2.75) is 45.1 Å². The van der Waals surface area contributed by atoms with E-state index in [1.807, 2.05) is 0 Å². The predicted octanol–water partition coefficient (Wildman–Crippen LogP) is 6.26. The zero-order valence-corrected chi connectivity index (χ0v) is 15.1. The molecule has 0 radical (unpaired) electrons. The first-order valence-corrected chi connectivity index (χ1v) is 9.54. The van der Waals surface area contributed by atoms with Gasteiger partial charge in [0, 0.05) is 17.8 Å². The third kappa shape index (κ3) is 3.28. The van der Waals surface area contributed by atoms with Crippen LogP contribution in [0.5, 0.6) is 0 Å². The molecule has 4 rings (SSSR count). The summed E-state index contributed by atoms with van der Waals surface area (Å²) in [6.07, 6.45) is 13.6. The summed E-state index contributed by atoms with van der Waals surface area (Å²) in [5, 5.41) is 0. The molecule has 0 amide bonds. The summed E-state index contributed by atoms with van der Waals surface area (Å²) < 4.78 is 0. The quantitative estimate of drug-likeness (QED) is 0.639. The van der Waals surface area contributed by atoms with Crippen LogP contribution in [-0.4, -0.2) is 4.90 Å². The zero-order chi connectivity index (χ0) is 17.1. The number of fused-ring (bicyclic) bond motifs is 1. The average Bonchev–Trinajstić information content (AvgIpc) is 2.68. The van der Waals surface area contributed by atoms with E-state index in [2.05, 4.69) is 91.0 Å². The molecule has 0 bridgehead atoms. The average molecular weight is 329 g/mol.